The van der Waals surface area contributed by atoms with Crippen LogP contribution in [-0.4, -0.2) is 23.7 Å². The molecule has 0 saturated carbocycles. The van der Waals surface area contributed by atoms with Crippen LogP contribution in [0.4, 0.5) is 5.69 Å². The molecular weight excluding hydrogens is 236 g/mol. The van der Waals surface area contributed by atoms with Crippen LogP contribution in [0.15, 0.2) is 30.5 Å². The maximum atomic E-state index is 5.74. The van der Waals surface area contributed by atoms with Crippen LogP contribution >= 0.6 is 0 Å². The fourth-order valence-electron chi connectivity index (χ4n) is 2.72. The van der Waals surface area contributed by atoms with Gasteiger partial charge in [-0.3, -0.25) is 4.98 Å². The third kappa shape index (κ3) is 2.56. The van der Waals surface area contributed by atoms with Crippen LogP contribution in [0, 0.1) is 6.92 Å². The number of ether oxygens (including phenoxy) is 1. The molecule has 1 saturated heterocycles. The van der Waals surface area contributed by atoms with E-state index in [9.17, 15) is 0 Å². The van der Waals surface area contributed by atoms with Gasteiger partial charge in [-0.25, -0.2) is 0 Å². The van der Waals surface area contributed by atoms with E-state index in [1.165, 1.54) is 17.4 Å². The number of fused-ring (bicyclic) bond motifs is 1. The molecule has 1 aliphatic heterocycles. The number of anilines is 1. The number of pyridine rings is 1. The van der Waals surface area contributed by atoms with Crippen LogP contribution in [0.5, 0.6) is 0 Å². The van der Waals surface area contributed by atoms with Crippen molar-refractivity contribution in [3.8, 4) is 0 Å². The highest BCUT2D eigenvalue weighted by Crippen LogP contribution is 2.25. The van der Waals surface area contributed by atoms with Crippen molar-refractivity contribution < 1.29 is 4.74 Å². The molecule has 3 nitrogen and oxygen atoms in total. The number of hydrogen-bond acceptors (Lipinski definition) is 3. The second kappa shape index (κ2) is 5.17. The van der Waals surface area contributed by atoms with Gasteiger partial charge >= 0.3 is 0 Å². The van der Waals surface area contributed by atoms with Gasteiger partial charge < -0.3 is 10.1 Å². The molecule has 3 rings (SSSR count). The Labute approximate surface area is 114 Å². The molecule has 1 aromatic carbocycles. The van der Waals surface area contributed by atoms with Crippen molar-refractivity contribution in [3.05, 3.63) is 36.0 Å². The van der Waals surface area contributed by atoms with E-state index in [4.69, 9.17) is 4.74 Å². The van der Waals surface area contributed by atoms with Gasteiger partial charge in [0.05, 0.1) is 11.6 Å². The Balaban J connectivity index is 1.89. The summed E-state index contributed by atoms with van der Waals surface area (Å²) in [4.78, 5) is 4.42. The number of benzene rings is 1. The third-order valence-electron chi connectivity index (χ3n) is 3.80. The summed E-state index contributed by atoms with van der Waals surface area (Å²) in [6.45, 7) is 5.20. The van der Waals surface area contributed by atoms with Crippen LogP contribution in [0.1, 0.15) is 25.3 Å². The first kappa shape index (κ1) is 12.4. The van der Waals surface area contributed by atoms with Crippen LogP contribution in [0.2, 0.25) is 0 Å². The molecule has 1 N–H and O–H groups in total. The first-order valence-electron chi connectivity index (χ1n) is 6.97. The van der Waals surface area contributed by atoms with Crippen LogP contribution in [0.25, 0.3) is 10.9 Å². The summed E-state index contributed by atoms with van der Waals surface area (Å²) in [7, 11) is 0. The molecule has 1 aromatic heterocycles. The number of nitrogens with one attached hydrogen (secondary N) is 1. The summed E-state index contributed by atoms with van der Waals surface area (Å²) < 4.78 is 5.74. The molecule has 0 aliphatic carbocycles. The molecule has 100 valence electrons. The summed E-state index contributed by atoms with van der Waals surface area (Å²) in [5.74, 6) is 0. The third-order valence-corrected chi connectivity index (χ3v) is 3.80. The van der Waals surface area contributed by atoms with Gasteiger partial charge in [-0.1, -0.05) is 11.6 Å². The van der Waals surface area contributed by atoms with Gasteiger partial charge in [0.2, 0.25) is 0 Å². The van der Waals surface area contributed by atoms with Crippen molar-refractivity contribution in [1.29, 1.82) is 0 Å². The maximum Gasteiger partial charge on any atom is 0.0774 e. The monoisotopic (exact) mass is 256 g/mol. The van der Waals surface area contributed by atoms with E-state index in [1.807, 2.05) is 12.3 Å². The zero-order chi connectivity index (χ0) is 13.2. The summed E-state index contributed by atoms with van der Waals surface area (Å²) in [5, 5.41) is 4.78. The highest BCUT2D eigenvalue weighted by atomic mass is 16.5. The minimum Gasteiger partial charge on any atom is -0.379 e. The molecule has 2 heterocycles. The van der Waals surface area contributed by atoms with Gasteiger partial charge in [0.1, 0.15) is 0 Å². The van der Waals surface area contributed by atoms with Crippen molar-refractivity contribution >= 4 is 16.6 Å². The average Bonchev–Trinajstić information content (AvgIpc) is 2.93. The molecule has 1 fully saturated rings. The smallest absolute Gasteiger partial charge is 0.0774 e. The summed E-state index contributed by atoms with van der Waals surface area (Å²) >= 11 is 0. The van der Waals surface area contributed by atoms with Gasteiger partial charge in [0, 0.05) is 29.9 Å². The molecular formula is C16H20N2O. The van der Waals surface area contributed by atoms with Crippen molar-refractivity contribution in [2.45, 2.75) is 38.8 Å². The number of nitrogens with zero attached hydrogens (tertiary/aromatic N) is 1. The molecule has 19 heavy (non-hydrogen) atoms. The lowest BCUT2D eigenvalue weighted by molar-refractivity contribution is 0.0997. The second-order valence-electron chi connectivity index (χ2n) is 5.36. The molecule has 0 radical (unpaired) electrons. The van der Waals surface area contributed by atoms with E-state index in [1.54, 1.807) is 0 Å². The van der Waals surface area contributed by atoms with E-state index in [-0.39, 0.29) is 0 Å². The van der Waals surface area contributed by atoms with Gasteiger partial charge in [0.15, 0.2) is 0 Å². The van der Waals surface area contributed by atoms with Gasteiger partial charge in [-0.15, -0.1) is 0 Å². The SMILES string of the molecule is Cc1ccc2nccc(NC(C)C3CCCO3)c2c1. The lowest BCUT2D eigenvalue weighted by atomic mass is 10.1. The van der Waals surface area contributed by atoms with Gasteiger partial charge in [0.25, 0.3) is 0 Å². The fraction of sp³-hybridized carbons (Fsp3) is 0.438. The fourth-order valence-corrected chi connectivity index (χ4v) is 2.72. The van der Waals surface area contributed by atoms with Crippen LogP contribution in [-0.2, 0) is 4.74 Å². The zero-order valence-electron chi connectivity index (χ0n) is 11.5. The minimum absolute atomic E-state index is 0.327. The molecule has 0 bridgehead atoms. The molecule has 1 aliphatic rings. The number of aryl methyl sites for hydroxylation is 1. The van der Waals surface area contributed by atoms with Gasteiger partial charge in [-0.2, -0.15) is 0 Å². The van der Waals surface area contributed by atoms with E-state index < -0.39 is 0 Å². The van der Waals surface area contributed by atoms with Crippen molar-refractivity contribution in [3.63, 3.8) is 0 Å². The molecule has 3 heteroatoms. The number of rotatable bonds is 3. The second-order valence-corrected chi connectivity index (χ2v) is 5.36. The standard InChI is InChI=1S/C16H20N2O/c1-11-5-6-14-13(10-11)15(7-8-17-14)18-12(2)16-4-3-9-19-16/h5-8,10,12,16H,3-4,9H2,1-2H3,(H,17,18). The number of aromatic nitrogens is 1. The molecule has 0 spiro atoms. The molecule has 2 aromatic rings. The normalized spacial score (nSPS) is 20.6. The quantitative estimate of drug-likeness (QED) is 0.912. The van der Waals surface area contributed by atoms with E-state index in [0.717, 1.165) is 24.2 Å². The minimum atomic E-state index is 0.327. The summed E-state index contributed by atoms with van der Waals surface area (Å²) in [5.41, 5.74) is 3.44. The van der Waals surface area contributed by atoms with Crippen LogP contribution in [0.3, 0.4) is 0 Å². The zero-order valence-corrected chi connectivity index (χ0v) is 11.5. The number of hydrogen-bond donors (Lipinski definition) is 1. The Hall–Kier alpha value is -1.61. The Kier molecular flexibility index (Phi) is 3.38. The summed E-state index contributed by atoms with van der Waals surface area (Å²) in [6.07, 6.45) is 4.51. The first-order chi connectivity index (χ1) is 9.24. The summed E-state index contributed by atoms with van der Waals surface area (Å²) in [6, 6.07) is 8.74. The predicted octanol–water partition coefficient (Wildman–Crippen LogP) is 3.52. The van der Waals surface area contributed by atoms with Gasteiger partial charge in [-0.05, 0) is 44.9 Å². The highest BCUT2D eigenvalue weighted by Gasteiger charge is 2.22. The van der Waals surface area contributed by atoms with Crippen molar-refractivity contribution in [2.75, 3.05) is 11.9 Å². The highest BCUT2D eigenvalue weighted by molar-refractivity contribution is 5.91. The lowest BCUT2D eigenvalue weighted by Gasteiger charge is -2.22. The lowest BCUT2D eigenvalue weighted by Crippen LogP contribution is -2.30. The van der Waals surface area contributed by atoms with Crippen LogP contribution < -0.4 is 5.32 Å². The van der Waals surface area contributed by atoms with E-state index in [2.05, 4.69) is 42.3 Å². The van der Waals surface area contributed by atoms with Crippen molar-refractivity contribution in [1.82, 2.24) is 4.98 Å². The Morgan fingerprint density at radius 1 is 1.37 bits per heavy atom. The average molecular weight is 256 g/mol. The van der Waals surface area contributed by atoms with E-state index >= 15 is 0 Å². The Morgan fingerprint density at radius 3 is 3.05 bits per heavy atom. The Bertz CT molecular complexity index is 576. The Morgan fingerprint density at radius 2 is 2.26 bits per heavy atom. The molecule has 0 amide bonds. The van der Waals surface area contributed by atoms with E-state index in [0.29, 0.717) is 12.1 Å². The first-order valence-corrected chi connectivity index (χ1v) is 6.97. The molecule has 2 unspecified atom stereocenters. The van der Waals surface area contributed by atoms with Crippen molar-refractivity contribution in [2.24, 2.45) is 0 Å². The predicted molar refractivity (Wildman–Crippen MR) is 78.5 cm³/mol. The molecule has 2 atom stereocenters. The largest absolute Gasteiger partial charge is 0.379 e. The topological polar surface area (TPSA) is 34.2 Å². The maximum absolute atomic E-state index is 5.74.